The summed E-state index contributed by atoms with van der Waals surface area (Å²) in [5.41, 5.74) is 0.575. The molecule has 6 nitrogen and oxygen atoms in total. The summed E-state index contributed by atoms with van der Waals surface area (Å²) in [7, 11) is 0. The third kappa shape index (κ3) is 5.16. The van der Waals surface area contributed by atoms with Crippen molar-refractivity contribution in [2.24, 2.45) is 0 Å². The van der Waals surface area contributed by atoms with Crippen LogP contribution in [0.3, 0.4) is 0 Å². The van der Waals surface area contributed by atoms with Crippen LogP contribution in [0.2, 0.25) is 0 Å². The van der Waals surface area contributed by atoms with E-state index < -0.39 is 0 Å². The molecule has 0 saturated carbocycles. The van der Waals surface area contributed by atoms with Gasteiger partial charge in [-0.05, 0) is 18.6 Å². The summed E-state index contributed by atoms with van der Waals surface area (Å²) < 4.78 is 19.9. The Labute approximate surface area is 128 Å². The number of ether oxygens (including phenoxy) is 1. The number of hydrogen-bond donors (Lipinski definition) is 1. The highest BCUT2D eigenvalue weighted by molar-refractivity contribution is 5.75. The summed E-state index contributed by atoms with van der Waals surface area (Å²) in [6.07, 6.45) is 3.62. The van der Waals surface area contributed by atoms with E-state index in [2.05, 4.69) is 22.6 Å². The summed E-state index contributed by atoms with van der Waals surface area (Å²) in [6, 6.07) is 5.88. The smallest absolute Gasteiger partial charge is 0.241 e. The van der Waals surface area contributed by atoms with Gasteiger partial charge in [-0.25, -0.2) is 9.07 Å². The molecule has 0 radical (unpaired) electrons. The van der Waals surface area contributed by atoms with Gasteiger partial charge in [0.2, 0.25) is 5.91 Å². The Morgan fingerprint density at radius 2 is 2.32 bits per heavy atom. The van der Waals surface area contributed by atoms with Crippen LogP contribution in [0.15, 0.2) is 30.5 Å². The Kier molecular flexibility index (Phi) is 5.88. The molecule has 0 saturated heterocycles. The van der Waals surface area contributed by atoms with Gasteiger partial charge >= 0.3 is 0 Å². The average Bonchev–Trinajstić information content (AvgIpc) is 2.93. The number of nitrogens with one attached hydrogen (secondary N) is 1. The molecule has 0 atom stereocenters. The van der Waals surface area contributed by atoms with Crippen molar-refractivity contribution in [1.82, 2.24) is 20.3 Å². The second-order valence-electron chi connectivity index (χ2n) is 4.86. The molecule has 1 heterocycles. The van der Waals surface area contributed by atoms with Crippen LogP contribution in [0.5, 0.6) is 5.75 Å². The standard InChI is InChI=1S/C15H19FN4O2/c1-2-3-7-17-15(21)10-20-9-13(18-19-20)11-22-14-6-4-5-12(16)8-14/h4-6,8-9H,2-3,7,10-11H2,1H3,(H,17,21). The van der Waals surface area contributed by atoms with Crippen LogP contribution < -0.4 is 10.1 Å². The zero-order valence-electron chi connectivity index (χ0n) is 12.5. The molecular formula is C15H19FN4O2. The molecule has 2 rings (SSSR count). The predicted octanol–water partition coefficient (Wildman–Crippen LogP) is 1.91. The minimum absolute atomic E-state index is 0.101. The molecule has 0 aliphatic carbocycles. The van der Waals surface area contributed by atoms with Crippen LogP contribution in [0.4, 0.5) is 4.39 Å². The summed E-state index contributed by atoms with van der Waals surface area (Å²) in [6.45, 7) is 3.02. The number of benzene rings is 1. The molecule has 0 aliphatic rings. The maximum Gasteiger partial charge on any atom is 0.241 e. The van der Waals surface area contributed by atoms with Crippen molar-refractivity contribution in [3.8, 4) is 5.75 Å². The van der Waals surface area contributed by atoms with Crippen molar-refractivity contribution >= 4 is 5.91 Å². The van der Waals surface area contributed by atoms with Gasteiger partial charge in [0.25, 0.3) is 0 Å². The lowest BCUT2D eigenvalue weighted by atomic mass is 10.3. The molecule has 0 unspecified atom stereocenters. The van der Waals surface area contributed by atoms with Crippen molar-refractivity contribution < 1.29 is 13.9 Å². The Morgan fingerprint density at radius 1 is 1.45 bits per heavy atom. The molecule has 0 bridgehead atoms. The lowest BCUT2D eigenvalue weighted by molar-refractivity contribution is -0.121. The minimum atomic E-state index is -0.357. The number of amides is 1. The lowest BCUT2D eigenvalue weighted by Gasteiger charge is -2.04. The third-order valence-electron chi connectivity index (χ3n) is 2.93. The molecular weight excluding hydrogens is 287 g/mol. The third-order valence-corrected chi connectivity index (χ3v) is 2.93. The first-order chi connectivity index (χ1) is 10.7. The highest BCUT2D eigenvalue weighted by Crippen LogP contribution is 2.13. The Hall–Kier alpha value is -2.44. The second-order valence-corrected chi connectivity index (χ2v) is 4.86. The first kappa shape index (κ1) is 15.9. The molecule has 1 N–H and O–H groups in total. The highest BCUT2D eigenvalue weighted by atomic mass is 19.1. The van der Waals surface area contributed by atoms with Gasteiger partial charge in [-0.2, -0.15) is 0 Å². The van der Waals surface area contributed by atoms with E-state index in [0.717, 1.165) is 12.8 Å². The van der Waals surface area contributed by atoms with Gasteiger partial charge in [0.05, 0.1) is 6.20 Å². The van der Waals surface area contributed by atoms with E-state index in [1.807, 2.05) is 0 Å². The van der Waals surface area contributed by atoms with E-state index in [9.17, 15) is 9.18 Å². The zero-order chi connectivity index (χ0) is 15.8. The predicted molar refractivity (Wildman–Crippen MR) is 78.7 cm³/mol. The van der Waals surface area contributed by atoms with E-state index in [-0.39, 0.29) is 24.9 Å². The van der Waals surface area contributed by atoms with Crippen LogP contribution in [-0.4, -0.2) is 27.4 Å². The first-order valence-corrected chi connectivity index (χ1v) is 7.21. The van der Waals surface area contributed by atoms with Gasteiger partial charge in [0.15, 0.2) is 0 Å². The number of aromatic nitrogens is 3. The van der Waals surface area contributed by atoms with Gasteiger partial charge in [-0.3, -0.25) is 4.79 Å². The number of nitrogens with zero attached hydrogens (tertiary/aromatic N) is 3. The fourth-order valence-electron chi connectivity index (χ4n) is 1.80. The minimum Gasteiger partial charge on any atom is -0.487 e. The molecule has 0 spiro atoms. The molecule has 2 aromatic rings. The van der Waals surface area contributed by atoms with Crippen molar-refractivity contribution in [1.29, 1.82) is 0 Å². The molecule has 1 amide bonds. The molecule has 118 valence electrons. The van der Waals surface area contributed by atoms with Crippen LogP contribution in [-0.2, 0) is 17.9 Å². The number of carbonyl (C=O) groups excluding carboxylic acids is 1. The monoisotopic (exact) mass is 306 g/mol. The van der Waals surface area contributed by atoms with Crippen molar-refractivity contribution in [3.05, 3.63) is 42.0 Å². The Bertz CT molecular complexity index is 615. The van der Waals surface area contributed by atoms with Gasteiger partial charge in [-0.15, -0.1) is 5.10 Å². The number of unbranched alkanes of at least 4 members (excludes halogenated alkanes) is 1. The SMILES string of the molecule is CCCCNC(=O)Cn1cc(COc2cccc(F)c2)nn1. The van der Waals surface area contributed by atoms with Gasteiger partial charge < -0.3 is 10.1 Å². The first-order valence-electron chi connectivity index (χ1n) is 7.21. The quantitative estimate of drug-likeness (QED) is 0.756. The number of halogens is 1. The van der Waals surface area contributed by atoms with E-state index in [1.54, 1.807) is 18.3 Å². The van der Waals surface area contributed by atoms with Gasteiger partial charge in [-0.1, -0.05) is 24.6 Å². The van der Waals surface area contributed by atoms with E-state index in [4.69, 9.17) is 4.74 Å². The molecule has 1 aromatic heterocycles. The number of rotatable bonds is 8. The number of carbonyl (C=O) groups is 1. The zero-order valence-corrected chi connectivity index (χ0v) is 12.5. The van der Waals surface area contributed by atoms with E-state index in [0.29, 0.717) is 18.0 Å². The molecule has 22 heavy (non-hydrogen) atoms. The second kappa shape index (κ2) is 8.11. The van der Waals surface area contributed by atoms with Crippen LogP contribution in [0.1, 0.15) is 25.5 Å². The van der Waals surface area contributed by atoms with Crippen molar-refractivity contribution in [2.75, 3.05) is 6.54 Å². The van der Waals surface area contributed by atoms with Crippen LogP contribution in [0.25, 0.3) is 0 Å². The molecule has 0 aliphatic heterocycles. The topological polar surface area (TPSA) is 69.0 Å². The van der Waals surface area contributed by atoms with E-state index >= 15 is 0 Å². The van der Waals surface area contributed by atoms with Crippen LogP contribution in [0, 0.1) is 5.82 Å². The summed E-state index contributed by atoms with van der Waals surface area (Å²) in [5.74, 6) is -0.0345. The Balaban J connectivity index is 1.80. The average molecular weight is 306 g/mol. The lowest BCUT2D eigenvalue weighted by Crippen LogP contribution is -2.28. The van der Waals surface area contributed by atoms with Crippen molar-refractivity contribution in [2.45, 2.75) is 32.9 Å². The normalized spacial score (nSPS) is 10.5. The summed E-state index contributed by atoms with van der Waals surface area (Å²) in [4.78, 5) is 11.6. The number of hydrogen-bond acceptors (Lipinski definition) is 4. The maximum absolute atomic E-state index is 13.0. The molecule has 0 fully saturated rings. The van der Waals surface area contributed by atoms with E-state index in [1.165, 1.54) is 16.8 Å². The largest absolute Gasteiger partial charge is 0.487 e. The summed E-state index contributed by atoms with van der Waals surface area (Å²) in [5, 5.41) is 10.6. The molecule has 1 aromatic carbocycles. The maximum atomic E-state index is 13.0. The van der Waals surface area contributed by atoms with Crippen LogP contribution >= 0.6 is 0 Å². The summed E-state index contributed by atoms with van der Waals surface area (Å²) >= 11 is 0. The van der Waals surface area contributed by atoms with Gasteiger partial charge in [0.1, 0.15) is 30.4 Å². The fourth-order valence-corrected chi connectivity index (χ4v) is 1.80. The van der Waals surface area contributed by atoms with Crippen molar-refractivity contribution in [3.63, 3.8) is 0 Å². The molecule has 7 heteroatoms. The van der Waals surface area contributed by atoms with Gasteiger partial charge in [0, 0.05) is 12.6 Å². The fraction of sp³-hybridized carbons (Fsp3) is 0.400. The highest BCUT2D eigenvalue weighted by Gasteiger charge is 2.06. The Morgan fingerprint density at radius 3 is 3.09 bits per heavy atom.